The number of carbonyl (C=O) groups is 1. The van der Waals surface area contributed by atoms with Crippen LogP contribution < -0.4 is 10.1 Å². The van der Waals surface area contributed by atoms with Crippen molar-refractivity contribution in [3.05, 3.63) is 57.9 Å². The molecule has 1 heterocycles. The molecule has 0 spiro atoms. The fourth-order valence-electron chi connectivity index (χ4n) is 3.75. The highest BCUT2D eigenvalue weighted by Gasteiger charge is 2.31. The number of alkyl halides is 3. The minimum atomic E-state index is -4.81. The molecule has 1 unspecified atom stereocenters. The Bertz CT molecular complexity index is 1060. The molecule has 33 heavy (non-hydrogen) atoms. The summed E-state index contributed by atoms with van der Waals surface area (Å²) in [4.78, 5) is 13.8. The topological polar surface area (TPSA) is 74.7 Å². The molecule has 1 atom stereocenters. The van der Waals surface area contributed by atoms with Gasteiger partial charge in [0.05, 0.1) is 12.7 Å². The van der Waals surface area contributed by atoms with Gasteiger partial charge in [-0.2, -0.15) is 0 Å². The molecule has 2 aromatic rings. The lowest BCUT2D eigenvalue weighted by molar-refractivity contribution is -0.274. The van der Waals surface area contributed by atoms with E-state index in [1.54, 1.807) is 6.07 Å². The highest BCUT2D eigenvalue weighted by Crippen LogP contribution is 2.29. The van der Waals surface area contributed by atoms with Gasteiger partial charge in [-0.05, 0) is 49.2 Å². The second-order valence-electron chi connectivity index (χ2n) is 7.70. The Morgan fingerprint density at radius 3 is 2.61 bits per heavy atom. The Labute approximate surface area is 192 Å². The SMILES string of the molecule is COC(=O)c1cc(C(C)=N)c(NC2CCN(Cc3cc(Cl)cc(OC(F)(F)F)c3)C2)cc1F. The van der Waals surface area contributed by atoms with Gasteiger partial charge in [0.1, 0.15) is 11.6 Å². The van der Waals surface area contributed by atoms with Crippen LogP contribution in [0.15, 0.2) is 30.3 Å². The van der Waals surface area contributed by atoms with Crippen molar-refractivity contribution in [2.75, 3.05) is 25.5 Å². The first-order valence-corrected chi connectivity index (χ1v) is 10.3. The van der Waals surface area contributed by atoms with Crippen LogP contribution >= 0.6 is 11.6 Å². The van der Waals surface area contributed by atoms with Gasteiger partial charge < -0.3 is 20.2 Å². The van der Waals surface area contributed by atoms with Gasteiger partial charge in [-0.3, -0.25) is 4.90 Å². The molecule has 2 aromatic carbocycles. The van der Waals surface area contributed by atoms with Crippen molar-refractivity contribution in [1.29, 1.82) is 5.41 Å². The second kappa shape index (κ2) is 9.96. The van der Waals surface area contributed by atoms with Crippen LogP contribution in [0.25, 0.3) is 0 Å². The van der Waals surface area contributed by atoms with Crippen LogP contribution in [0.2, 0.25) is 5.02 Å². The van der Waals surface area contributed by atoms with Crippen molar-refractivity contribution < 1.29 is 31.8 Å². The molecule has 2 N–H and O–H groups in total. The maximum atomic E-state index is 14.4. The third kappa shape index (κ3) is 6.58. The molecule has 6 nitrogen and oxygen atoms in total. The number of hydrogen-bond donors (Lipinski definition) is 2. The maximum Gasteiger partial charge on any atom is 0.573 e. The number of nitrogens with one attached hydrogen (secondary N) is 2. The number of carbonyl (C=O) groups excluding carboxylic acids is 1. The normalized spacial score (nSPS) is 16.5. The summed E-state index contributed by atoms with van der Waals surface area (Å²) in [5.41, 5.74) is 1.21. The number of halogens is 5. The van der Waals surface area contributed by atoms with Crippen molar-refractivity contribution in [2.24, 2.45) is 0 Å². The lowest BCUT2D eigenvalue weighted by Crippen LogP contribution is -2.27. The number of ether oxygens (including phenoxy) is 2. The largest absolute Gasteiger partial charge is 0.573 e. The molecule has 0 aliphatic carbocycles. The zero-order chi connectivity index (χ0) is 24.3. The number of likely N-dealkylation sites (tertiary alicyclic amines) is 1. The van der Waals surface area contributed by atoms with Gasteiger partial charge >= 0.3 is 12.3 Å². The first-order chi connectivity index (χ1) is 15.4. The summed E-state index contributed by atoms with van der Waals surface area (Å²) in [6, 6.07) is 6.31. The van der Waals surface area contributed by atoms with Gasteiger partial charge in [0.2, 0.25) is 0 Å². The van der Waals surface area contributed by atoms with E-state index < -0.39 is 18.1 Å². The van der Waals surface area contributed by atoms with Crippen LogP contribution in [0.5, 0.6) is 5.75 Å². The fourth-order valence-corrected chi connectivity index (χ4v) is 3.99. The average Bonchev–Trinajstić information content (AvgIpc) is 3.12. The van der Waals surface area contributed by atoms with Gasteiger partial charge in [-0.25, -0.2) is 9.18 Å². The fraction of sp³-hybridized carbons (Fsp3) is 0.364. The van der Waals surface area contributed by atoms with Gasteiger partial charge in [0.25, 0.3) is 0 Å². The lowest BCUT2D eigenvalue weighted by Gasteiger charge is -2.20. The predicted octanol–water partition coefficient (Wildman–Crippen LogP) is 5.24. The van der Waals surface area contributed by atoms with Gasteiger partial charge in [0.15, 0.2) is 0 Å². The van der Waals surface area contributed by atoms with Crippen LogP contribution in [0, 0.1) is 11.2 Å². The quantitative estimate of drug-likeness (QED) is 0.317. The van der Waals surface area contributed by atoms with E-state index in [4.69, 9.17) is 17.0 Å². The summed E-state index contributed by atoms with van der Waals surface area (Å²) >= 11 is 5.94. The third-order valence-corrected chi connectivity index (χ3v) is 5.34. The van der Waals surface area contributed by atoms with Crippen molar-refractivity contribution in [3.63, 3.8) is 0 Å². The number of rotatable bonds is 7. The van der Waals surface area contributed by atoms with Gasteiger partial charge in [-0.15, -0.1) is 13.2 Å². The van der Waals surface area contributed by atoms with Crippen LogP contribution in [-0.4, -0.2) is 49.2 Å². The minimum absolute atomic E-state index is 0.100. The van der Waals surface area contributed by atoms with E-state index in [0.29, 0.717) is 42.9 Å². The molecule has 11 heteroatoms. The third-order valence-electron chi connectivity index (χ3n) is 5.12. The Hall–Kier alpha value is -2.85. The molecular formula is C22H22ClF4N3O3. The molecular weight excluding hydrogens is 466 g/mol. The number of hydrogen-bond acceptors (Lipinski definition) is 6. The van der Waals surface area contributed by atoms with E-state index in [9.17, 15) is 22.4 Å². The predicted molar refractivity (Wildman–Crippen MR) is 116 cm³/mol. The summed E-state index contributed by atoms with van der Waals surface area (Å²) in [5.74, 6) is -1.98. The van der Waals surface area contributed by atoms with Crippen molar-refractivity contribution in [1.82, 2.24) is 4.90 Å². The summed E-state index contributed by atoms with van der Waals surface area (Å²) in [5, 5.41) is 11.3. The summed E-state index contributed by atoms with van der Waals surface area (Å²) < 4.78 is 60.6. The number of benzene rings is 2. The van der Waals surface area contributed by atoms with Gasteiger partial charge in [0, 0.05) is 47.7 Å². The second-order valence-corrected chi connectivity index (χ2v) is 8.14. The molecule has 1 aliphatic rings. The summed E-state index contributed by atoms with van der Waals surface area (Å²) in [6.45, 7) is 3.04. The number of nitrogens with zero attached hydrogens (tertiary/aromatic N) is 1. The van der Waals surface area contributed by atoms with Crippen LogP contribution in [-0.2, 0) is 11.3 Å². The van der Waals surface area contributed by atoms with E-state index in [0.717, 1.165) is 13.2 Å². The smallest absolute Gasteiger partial charge is 0.465 e. The molecule has 0 saturated carbocycles. The minimum Gasteiger partial charge on any atom is -0.465 e. The van der Waals surface area contributed by atoms with Crippen molar-refractivity contribution in [2.45, 2.75) is 32.3 Å². The zero-order valence-corrected chi connectivity index (χ0v) is 18.6. The monoisotopic (exact) mass is 487 g/mol. The Balaban J connectivity index is 1.71. The molecule has 0 radical (unpaired) electrons. The first-order valence-electron chi connectivity index (χ1n) is 9.96. The van der Waals surface area contributed by atoms with Crippen molar-refractivity contribution >= 4 is 29.0 Å². The van der Waals surface area contributed by atoms with E-state index in [-0.39, 0.29) is 28.1 Å². The van der Waals surface area contributed by atoms with Crippen molar-refractivity contribution in [3.8, 4) is 5.75 Å². The number of anilines is 1. The highest BCUT2D eigenvalue weighted by molar-refractivity contribution is 6.30. The number of esters is 1. The van der Waals surface area contributed by atoms with Crippen LogP contribution in [0.4, 0.5) is 23.2 Å². The van der Waals surface area contributed by atoms with E-state index in [1.807, 2.05) is 4.90 Å². The molecule has 1 fully saturated rings. The molecule has 0 amide bonds. The molecule has 3 rings (SSSR count). The molecule has 1 aliphatic heterocycles. The Morgan fingerprint density at radius 2 is 1.97 bits per heavy atom. The van der Waals surface area contributed by atoms with Crippen LogP contribution in [0.3, 0.4) is 0 Å². The summed E-state index contributed by atoms with van der Waals surface area (Å²) in [6.07, 6.45) is -4.13. The van der Waals surface area contributed by atoms with Gasteiger partial charge in [-0.1, -0.05) is 11.6 Å². The zero-order valence-electron chi connectivity index (χ0n) is 17.9. The standard InChI is InChI=1S/C22H22ClF4N3O3/c1-12(28)17-8-18(21(31)32-2)19(24)9-20(17)29-15-3-4-30(11-15)10-13-5-14(23)7-16(6-13)33-22(25,26)27/h5-9,15,28-29H,3-4,10-11H2,1-2H3. The van der Waals surface area contributed by atoms with Crippen LogP contribution in [0.1, 0.15) is 34.8 Å². The van der Waals surface area contributed by atoms with E-state index in [1.165, 1.54) is 25.1 Å². The summed E-state index contributed by atoms with van der Waals surface area (Å²) in [7, 11) is 1.15. The lowest BCUT2D eigenvalue weighted by atomic mass is 10.0. The molecule has 1 saturated heterocycles. The first kappa shape index (κ1) is 24.8. The van der Waals surface area contributed by atoms with E-state index >= 15 is 0 Å². The molecule has 0 bridgehead atoms. The highest BCUT2D eigenvalue weighted by atomic mass is 35.5. The van der Waals surface area contributed by atoms with E-state index in [2.05, 4.69) is 14.8 Å². The molecule has 178 valence electrons. The average molecular weight is 488 g/mol. The molecule has 0 aromatic heterocycles. The Kier molecular flexibility index (Phi) is 7.48. The Morgan fingerprint density at radius 1 is 1.24 bits per heavy atom. The number of methoxy groups -OCH3 is 1. The maximum absolute atomic E-state index is 14.4.